The number of amides is 1. The van der Waals surface area contributed by atoms with E-state index in [1.54, 1.807) is 0 Å². The highest BCUT2D eigenvalue weighted by Gasteiger charge is 2.40. The number of rotatable bonds is 8. The van der Waals surface area contributed by atoms with Crippen LogP contribution in [0, 0.1) is 11.3 Å². The van der Waals surface area contributed by atoms with Gasteiger partial charge in [0.25, 0.3) is 0 Å². The van der Waals surface area contributed by atoms with Gasteiger partial charge in [0.15, 0.2) is 0 Å². The summed E-state index contributed by atoms with van der Waals surface area (Å²) in [6, 6.07) is 0. The molecule has 1 fully saturated rings. The Hall–Kier alpha value is -1.10. The van der Waals surface area contributed by atoms with E-state index in [0.717, 1.165) is 25.7 Å². The Balaban J connectivity index is 2.37. The van der Waals surface area contributed by atoms with Crippen molar-refractivity contribution < 1.29 is 19.4 Å². The van der Waals surface area contributed by atoms with Gasteiger partial charge in [-0.2, -0.15) is 0 Å². The van der Waals surface area contributed by atoms with Crippen molar-refractivity contribution >= 4 is 11.9 Å². The Kier molecular flexibility index (Phi) is 7.72. The quantitative estimate of drug-likeness (QED) is 0.533. The average Bonchev–Trinajstić information content (AvgIpc) is 2.64. The highest BCUT2D eigenvalue weighted by Crippen LogP contribution is 2.38. The fourth-order valence-corrected chi connectivity index (χ4v) is 2.82. The van der Waals surface area contributed by atoms with Crippen LogP contribution in [0.1, 0.15) is 58.8 Å². The zero-order chi connectivity index (χ0) is 15.7. The van der Waals surface area contributed by atoms with Crippen molar-refractivity contribution in [3.8, 4) is 0 Å². The summed E-state index contributed by atoms with van der Waals surface area (Å²) in [5, 5.41) is 12.3. The van der Waals surface area contributed by atoms with Gasteiger partial charge in [0.05, 0.1) is 12.0 Å². The number of carbonyl (C=O) groups excluding carboxylic acids is 1. The van der Waals surface area contributed by atoms with Gasteiger partial charge in [-0.05, 0) is 18.8 Å². The van der Waals surface area contributed by atoms with Crippen LogP contribution in [0.3, 0.4) is 0 Å². The lowest BCUT2D eigenvalue weighted by Gasteiger charge is -2.27. The van der Waals surface area contributed by atoms with Crippen LogP contribution in [0.25, 0.3) is 0 Å². The fourth-order valence-electron chi connectivity index (χ4n) is 2.82. The lowest BCUT2D eigenvalue weighted by atomic mass is 9.77. The zero-order valence-corrected chi connectivity index (χ0v) is 13.3. The number of carboxylic acid groups (broad SMARTS) is 1. The van der Waals surface area contributed by atoms with Crippen molar-refractivity contribution in [2.75, 3.05) is 19.8 Å². The summed E-state index contributed by atoms with van der Waals surface area (Å²) in [6.45, 7) is 5.74. The lowest BCUT2D eigenvalue weighted by molar-refractivity contribution is -0.152. The maximum atomic E-state index is 12.0. The maximum absolute atomic E-state index is 12.0. The highest BCUT2D eigenvalue weighted by atomic mass is 16.5. The summed E-state index contributed by atoms with van der Waals surface area (Å²) < 4.78 is 5.40. The van der Waals surface area contributed by atoms with Gasteiger partial charge in [-0.3, -0.25) is 9.59 Å². The van der Waals surface area contributed by atoms with Crippen LogP contribution in [0.5, 0.6) is 0 Å². The van der Waals surface area contributed by atoms with Gasteiger partial charge < -0.3 is 15.2 Å². The molecule has 0 unspecified atom stereocenters. The van der Waals surface area contributed by atoms with Crippen LogP contribution in [-0.2, 0) is 14.3 Å². The Labute approximate surface area is 127 Å². The summed E-state index contributed by atoms with van der Waals surface area (Å²) in [5.74, 6) is -0.523. The molecule has 0 aromatic carbocycles. The van der Waals surface area contributed by atoms with Crippen LogP contribution >= 0.6 is 0 Å². The van der Waals surface area contributed by atoms with E-state index in [1.165, 1.54) is 0 Å². The number of hydrogen-bond acceptors (Lipinski definition) is 3. The van der Waals surface area contributed by atoms with Crippen molar-refractivity contribution in [2.24, 2.45) is 11.3 Å². The SMILES string of the molecule is CC(C)COCCNC(=O)CC1(C(=O)O)CCCCCC1. The molecule has 1 aliphatic rings. The van der Waals surface area contributed by atoms with Crippen LogP contribution in [0.2, 0.25) is 0 Å². The Bertz CT molecular complexity index is 333. The molecule has 1 aliphatic carbocycles. The second-order valence-corrected chi connectivity index (χ2v) is 6.50. The van der Waals surface area contributed by atoms with E-state index < -0.39 is 11.4 Å². The molecule has 1 rings (SSSR count). The van der Waals surface area contributed by atoms with Crippen molar-refractivity contribution in [3.05, 3.63) is 0 Å². The van der Waals surface area contributed by atoms with Crippen molar-refractivity contribution in [2.45, 2.75) is 58.8 Å². The number of carboxylic acids is 1. The van der Waals surface area contributed by atoms with Gasteiger partial charge in [-0.15, -0.1) is 0 Å². The molecule has 0 radical (unpaired) electrons. The molecule has 0 aliphatic heterocycles. The molecule has 0 atom stereocenters. The number of ether oxygens (including phenoxy) is 1. The smallest absolute Gasteiger partial charge is 0.310 e. The number of carbonyl (C=O) groups is 2. The monoisotopic (exact) mass is 299 g/mol. The van der Waals surface area contributed by atoms with Crippen molar-refractivity contribution in [1.82, 2.24) is 5.32 Å². The molecule has 0 bridgehead atoms. The Morgan fingerprint density at radius 2 is 1.81 bits per heavy atom. The second kappa shape index (κ2) is 9.03. The van der Waals surface area contributed by atoms with Crippen LogP contribution in [0.15, 0.2) is 0 Å². The molecule has 0 spiro atoms. The standard InChI is InChI=1S/C16H29NO4/c1-13(2)12-21-10-9-17-14(18)11-16(15(19)20)7-5-3-4-6-8-16/h13H,3-12H2,1-2H3,(H,17,18)(H,19,20). The first-order valence-corrected chi connectivity index (χ1v) is 8.04. The molecule has 5 nitrogen and oxygen atoms in total. The van der Waals surface area contributed by atoms with E-state index in [2.05, 4.69) is 19.2 Å². The maximum Gasteiger partial charge on any atom is 0.310 e. The molecular formula is C16H29NO4. The number of aliphatic carboxylic acids is 1. The Morgan fingerprint density at radius 1 is 1.19 bits per heavy atom. The molecule has 21 heavy (non-hydrogen) atoms. The van der Waals surface area contributed by atoms with E-state index in [9.17, 15) is 14.7 Å². The summed E-state index contributed by atoms with van der Waals surface area (Å²) >= 11 is 0. The van der Waals surface area contributed by atoms with Gasteiger partial charge in [-0.1, -0.05) is 39.5 Å². The summed E-state index contributed by atoms with van der Waals surface area (Å²) in [6.07, 6.45) is 5.25. The zero-order valence-electron chi connectivity index (χ0n) is 13.3. The predicted molar refractivity (Wildman–Crippen MR) is 81.1 cm³/mol. The minimum absolute atomic E-state index is 0.0898. The topological polar surface area (TPSA) is 75.6 Å². The highest BCUT2D eigenvalue weighted by molar-refractivity contribution is 5.85. The van der Waals surface area contributed by atoms with Gasteiger partial charge >= 0.3 is 5.97 Å². The third-order valence-electron chi connectivity index (χ3n) is 4.03. The minimum Gasteiger partial charge on any atom is -0.481 e. The van der Waals surface area contributed by atoms with E-state index in [4.69, 9.17) is 4.74 Å². The van der Waals surface area contributed by atoms with E-state index in [0.29, 0.717) is 38.5 Å². The van der Waals surface area contributed by atoms with E-state index >= 15 is 0 Å². The molecule has 0 heterocycles. The molecule has 122 valence electrons. The molecule has 0 saturated heterocycles. The first-order valence-electron chi connectivity index (χ1n) is 8.04. The third kappa shape index (κ3) is 6.46. The molecule has 0 aromatic heterocycles. The summed E-state index contributed by atoms with van der Waals surface area (Å²) in [4.78, 5) is 23.6. The molecule has 5 heteroatoms. The van der Waals surface area contributed by atoms with Gasteiger partial charge in [0.2, 0.25) is 5.91 Å². The van der Waals surface area contributed by atoms with Crippen LogP contribution in [-0.4, -0.2) is 36.7 Å². The molecular weight excluding hydrogens is 270 g/mol. The van der Waals surface area contributed by atoms with E-state index in [1.807, 2.05) is 0 Å². The van der Waals surface area contributed by atoms with Crippen molar-refractivity contribution in [3.63, 3.8) is 0 Å². The first kappa shape index (κ1) is 18.0. The fraction of sp³-hybridized carbons (Fsp3) is 0.875. The first-order chi connectivity index (χ1) is 9.96. The average molecular weight is 299 g/mol. The summed E-state index contributed by atoms with van der Waals surface area (Å²) in [5.41, 5.74) is -0.862. The second-order valence-electron chi connectivity index (χ2n) is 6.50. The van der Waals surface area contributed by atoms with Crippen LogP contribution < -0.4 is 5.32 Å². The predicted octanol–water partition coefficient (Wildman–Crippen LogP) is 2.59. The minimum atomic E-state index is -0.862. The lowest BCUT2D eigenvalue weighted by Crippen LogP contribution is -2.38. The van der Waals surface area contributed by atoms with Crippen molar-refractivity contribution in [1.29, 1.82) is 0 Å². The largest absolute Gasteiger partial charge is 0.481 e. The Morgan fingerprint density at radius 3 is 2.33 bits per heavy atom. The van der Waals surface area contributed by atoms with Gasteiger partial charge in [-0.25, -0.2) is 0 Å². The molecule has 1 amide bonds. The van der Waals surface area contributed by atoms with Gasteiger partial charge in [0.1, 0.15) is 0 Å². The number of hydrogen-bond donors (Lipinski definition) is 2. The van der Waals surface area contributed by atoms with Crippen LogP contribution in [0.4, 0.5) is 0 Å². The van der Waals surface area contributed by atoms with E-state index in [-0.39, 0.29) is 12.3 Å². The summed E-state index contributed by atoms with van der Waals surface area (Å²) in [7, 11) is 0. The molecule has 1 saturated carbocycles. The normalized spacial score (nSPS) is 18.2. The molecule has 0 aromatic rings. The number of nitrogens with one attached hydrogen (secondary N) is 1. The van der Waals surface area contributed by atoms with Gasteiger partial charge in [0, 0.05) is 19.6 Å². The molecule has 2 N–H and O–H groups in total. The third-order valence-corrected chi connectivity index (χ3v) is 4.03.